The van der Waals surface area contributed by atoms with E-state index in [4.69, 9.17) is 10.00 Å². The van der Waals surface area contributed by atoms with E-state index in [-0.39, 0.29) is 0 Å². The number of aromatic nitrogens is 1. The van der Waals surface area contributed by atoms with Crippen LogP contribution in [-0.4, -0.2) is 12.1 Å². The fourth-order valence-corrected chi connectivity index (χ4v) is 1.89. The Hall–Kier alpha value is -2.54. The number of rotatable bonds is 3. The van der Waals surface area contributed by atoms with Gasteiger partial charge in [0.05, 0.1) is 12.7 Å². The van der Waals surface area contributed by atoms with E-state index in [0.717, 1.165) is 22.6 Å². The van der Waals surface area contributed by atoms with Crippen molar-refractivity contribution in [1.29, 1.82) is 5.26 Å². The number of anilines is 2. The van der Waals surface area contributed by atoms with Gasteiger partial charge in [0, 0.05) is 11.9 Å². The van der Waals surface area contributed by atoms with Crippen LogP contribution in [-0.2, 0) is 0 Å². The van der Waals surface area contributed by atoms with Gasteiger partial charge in [0.1, 0.15) is 17.6 Å². The van der Waals surface area contributed by atoms with E-state index in [1.54, 1.807) is 13.3 Å². The van der Waals surface area contributed by atoms with Crippen LogP contribution in [0.1, 0.15) is 16.7 Å². The van der Waals surface area contributed by atoms with Gasteiger partial charge in [0.2, 0.25) is 0 Å². The molecule has 96 valence electrons. The van der Waals surface area contributed by atoms with E-state index in [0.29, 0.717) is 11.4 Å². The molecule has 0 saturated heterocycles. The van der Waals surface area contributed by atoms with Crippen LogP contribution in [0.5, 0.6) is 5.75 Å². The zero-order valence-electron chi connectivity index (χ0n) is 11.2. The van der Waals surface area contributed by atoms with E-state index >= 15 is 0 Å². The molecule has 0 aliphatic rings. The van der Waals surface area contributed by atoms with Crippen LogP contribution in [0.4, 0.5) is 11.5 Å². The summed E-state index contributed by atoms with van der Waals surface area (Å²) in [6.07, 6.45) is 1.69. The van der Waals surface area contributed by atoms with Gasteiger partial charge in [-0.1, -0.05) is 0 Å². The maximum absolute atomic E-state index is 9.16. The number of benzene rings is 1. The lowest BCUT2D eigenvalue weighted by molar-refractivity contribution is 0.412. The first-order valence-corrected chi connectivity index (χ1v) is 5.93. The fourth-order valence-electron chi connectivity index (χ4n) is 1.89. The van der Waals surface area contributed by atoms with Crippen molar-refractivity contribution in [1.82, 2.24) is 4.98 Å². The molecular weight excluding hydrogens is 238 g/mol. The SMILES string of the molecule is COc1ccc(Nc2nccc(C)c2C#N)cc1C. The zero-order chi connectivity index (χ0) is 13.8. The highest BCUT2D eigenvalue weighted by atomic mass is 16.5. The zero-order valence-corrected chi connectivity index (χ0v) is 11.2. The molecule has 1 aromatic heterocycles. The average Bonchev–Trinajstić information content (AvgIpc) is 2.39. The molecule has 1 N–H and O–H groups in total. The van der Waals surface area contributed by atoms with Gasteiger partial charge in [-0.3, -0.25) is 0 Å². The number of methoxy groups -OCH3 is 1. The van der Waals surface area contributed by atoms with E-state index in [2.05, 4.69) is 16.4 Å². The van der Waals surface area contributed by atoms with Crippen molar-refractivity contribution < 1.29 is 4.74 Å². The number of ether oxygens (including phenoxy) is 1. The summed E-state index contributed by atoms with van der Waals surface area (Å²) in [5.41, 5.74) is 3.38. The van der Waals surface area contributed by atoms with Crippen molar-refractivity contribution in [2.24, 2.45) is 0 Å². The summed E-state index contributed by atoms with van der Waals surface area (Å²) in [6.45, 7) is 3.86. The number of pyridine rings is 1. The van der Waals surface area contributed by atoms with Crippen LogP contribution in [0, 0.1) is 25.2 Å². The van der Waals surface area contributed by atoms with Gasteiger partial charge in [-0.2, -0.15) is 5.26 Å². The number of hydrogen-bond acceptors (Lipinski definition) is 4. The van der Waals surface area contributed by atoms with Gasteiger partial charge in [-0.05, 0) is 49.2 Å². The molecule has 0 bridgehead atoms. The number of aryl methyl sites for hydroxylation is 2. The van der Waals surface area contributed by atoms with Crippen molar-refractivity contribution in [2.45, 2.75) is 13.8 Å². The Balaban J connectivity index is 2.34. The van der Waals surface area contributed by atoms with E-state index in [9.17, 15) is 0 Å². The molecule has 19 heavy (non-hydrogen) atoms. The van der Waals surface area contributed by atoms with Gasteiger partial charge in [-0.15, -0.1) is 0 Å². The third-order valence-electron chi connectivity index (χ3n) is 2.93. The minimum Gasteiger partial charge on any atom is -0.496 e. The molecule has 0 unspecified atom stereocenters. The minimum absolute atomic E-state index is 0.566. The van der Waals surface area contributed by atoms with Crippen molar-refractivity contribution in [3.05, 3.63) is 47.2 Å². The number of nitriles is 1. The predicted molar refractivity (Wildman–Crippen MR) is 74.7 cm³/mol. The molecule has 2 rings (SSSR count). The number of nitrogens with one attached hydrogen (secondary N) is 1. The Morgan fingerprint density at radius 3 is 2.63 bits per heavy atom. The molecule has 0 fully saturated rings. The van der Waals surface area contributed by atoms with E-state index in [1.807, 2.05) is 38.1 Å². The topological polar surface area (TPSA) is 57.9 Å². The summed E-state index contributed by atoms with van der Waals surface area (Å²) in [5.74, 6) is 1.41. The number of nitrogens with zero attached hydrogens (tertiary/aromatic N) is 2. The first-order valence-electron chi connectivity index (χ1n) is 5.93. The third-order valence-corrected chi connectivity index (χ3v) is 2.93. The molecule has 4 heteroatoms. The molecule has 1 aromatic carbocycles. The molecule has 4 nitrogen and oxygen atoms in total. The van der Waals surface area contributed by atoms with Crippen LogP contribution < -0.4 is 10.1 Å². The van der Waals surface area contributed by atoms with Gasteiger partial charge in [-0.25, -0.2) is 4.98 Å². The third kappa shape index (κ3) is 2.66. The maximum atomic E-state index is 9.16. The fraction of sp³-hybridized carbons (Fsp3) is 0.200. The van der Waals surface area contributed by atoms with Gasteiger partial charge in [0.25, 0.3) is 0 Å². The standard InChI is InChI=1S/C15H15N3O/c1-10-6-7-17-15(13(10)9-16)18-12-4-5-14(19-3)11(2)8-12/h4-8H,1-3H3,(H,17,18). The monoisotopic (exact) mass is 253 g/mol. The Kier molecular flexibility index (Phi) is 3.67. The molecule has 0 aliphatic carbocycles. The summed E-state index contributed by atoms with van der Waals surface area (Å²) in [6, 6.07) is 9.74. The smallest absolute Gasteiger partial charge is 0.148 e. The van der Waals surface area contributed by atoms with Crippen LogP contribution in [0.3, 0.4) is 0 Å². The summed E-state index contributed by atoms with van der Waals surface area (Å²) >= 11 is 0. The Morgan fingerprint density at radius 2 is 2.00 bits per heavy atom. The summed E-state index contributed by atoms with van der Waals surface area (Å²) in [7, 11) is 1.64. The Labute approximate surface area is 112 Å². The highest BCUT2D eigenvalue weighted by Crippen LogP contribution is 2.25. The Bertz CT molecular complexity index is 644. The normalized spacial score (nSPS) is 9.79. The van der Waals surface area contributed by atoms with Gasteiger partial charge >= 0.3 is 0 Å². The highest BCUT2D eigenvalue weighted by Gasteiger charge is 2.07. The Morgan fingerprint density at radius 1 is 1.21 bits per heavy atom. The second-order valence-electron chi connectivity index (χ2n) is 4.27. The maximum Gasteiger partial charge on any atom is 0.148 e. The second kappa shape index (κ2) is 5.40. The molecule has 0 radical (unpaired) electrons. The first kappa shape index (κ1) is 12.9. The van der Waals surface area contributed by atoms with Crippen molar-refractivity contribution in [3.63, 3.8) is 0 Å². The average molecular weight is 253 g/mol. The molecule has 0 saturated carbocycles. The molecule has 0 amide bonds. The molecule has 0 atom stereocenters. The predicted octanol–water partition coefficient (Wildman–Crippen LogP) is 3.32. The highest BCUT2D eigenvalue weighted by molar-refractivity contribution is 5.65. The summed E-state index contributed by atoms with van der Waals surface area (Å²) < 4.78 is 5.22. The lowest BCUT2D eigenvalue weighted by atomic mass is 10.1. The van der Waals surface area contributed by atoms with Crippen molar-refractivity contribution in [3.8, 4) is 11.8 Å². The van der Waals surface area contributed by atoms with Crippen molar-refractivity contribution in [2.75, 3.05) is 12.4 Å². The van der Waals surface area contributed by atoms with Gasteiger partial charge in [0.15, 0.2) is 0 Å². The van der Waals surface area contributed by atoms with E-state index < -0.39 is 0 Å². The molecule has 1 heterocycles. The minimum atomic E-state index is 0.566. The lowest BCUT2D eigenvalue weighted by Crippen LogP contribution is -1.99. The first-order chi connectivity index (χ1) is 9.15. The van der Waals surface area contributed by atoms with Crippen LogP contribution in [0.25, 0.3) is 0 Å². The molecule has 2 aromatic rings. The van der Waals surface area contributed by atoms with Gasteiger partial charge < -0.3 is 10.1 Å². The molecule has 0 aliphatic heterocycles. The van der Waals surface area contributed by atoms with Crippen LogP contribution in [0.2, 0.25) is 0 Å². The number of hydrogen-bond donors (Lipinski definition) is 1. The van der Waals surface area contributed by atoms with Crippen molar-refractivity contribution >= 4 is 11.5 Å². The largest absolute Gasteiger partial charge is 0.496 e. The van der Waals surface area contributed by atoms with E-state index in [1.165, 1.54) is 0 Å². The lowest BCUT2D eigenvalue weighted by Gasteiger charge is -2.11. The summed E-state index contributed by atoms with van der Waals surface area (Å²) in [4.78, 5) is 4.21. The second-order valence-corrected chi connectivity index (χ2v) is 4.27. The van der Waals surface area contributed by atoms with Crippen LogP contribution in [0.15, 0.2) is 30.5 Å². The van der Waals surface area contributed by atoms with Crippen LogP contribution >= 0.6 is 0 Å². The summed E-state index contributed by atoms with van der Waals surface area (Å²) in [5, 5.41) is 12.3. The molecular formula is C15H15N3O. The molecule has 0 spiro atoms. The quantitative estimate of drug-likeness (QED) is 0.911.